The van der Waals surface area contributed by atoms with Crippen LogP contribution in [0.3, 0.4) is 0 Å². The van der Waals surface area contributed by atoms with Crippen molar-refractivity contribution in [2.45, 2.75) is 20.8 Å². The van der Waals surface area contributed by atoms with Gasteiger partial charge in [-0.15, -0.1) is 0 Å². The van der Waals surface area contributed by atoms with Crippen LogP contribution in [0.1, 0.15) is 20.8 Å². The molecule has 0 fully saturated rings. The number of ether oxygens (including phenoxy) is 1. The number of rotatable bonds is 5. The van der Waals surface area contributed by atoms with Gasteiger partial charge in [-0.1, -0.05) is 19.9 Å². The molecule has 0 unspecified atom stereocenters. The maximum Gasteiger partial charge on any atom is 0.215 e. The molecule has 3 nitrogen and oxygen atoms in total. The first-order chi connectivity index (χ1) is 6.72. The Morgan fingerprint density at radius 2 is 2.21 bits per heavy atom. The number of hydrogen-bond acceptors (Lipinski definition) is 3. The lowest BCUT2D eigenvalue weighted by molar-refractivity contribution is 0.327. The number of nitrogens with one attached hydrogen (secondary N) is 1. The highest BCUT2D eigenvalue weighted by molar-refractivity contribution is 5.36. The van der Waals surface area contributed by atoms with Gasteiger partial charge >= 0.3 is 0 Å². The highest BCUT2D eigenvalue weighted by atomic mass is 16.5. The fraction of sp³-hybridized carbons (Fsp3) is 0.545. The van der Waals surface area contributed by atoms with E-state index in [0.717, 1.165) is 12.4 Å². The van der Waals surface area contributed by atoms with Gasteiger partial charge in [0.1, 0.15) is 5.82 Å². The van der Waals surface area contributed by atoms with E-state index in [-0.39, 0.29) is 0 Å². The molecule has 0 atom stereocenters. The summed E-state index contributed by atoms with van der Waals surface area (Å²) in [6.07, 6.45) is 0. The largest absolute Gasteiger partial charge is 0.478 e. The molecule has 0 aliphatic rings. The van der Waals surface area contributed by atoms with Crippen LogP contribution in [-0.2, 0) is 0 Å². The number of pyridine rings is 1. The van der Waals surface area contributed by atoms with Gasteiger partial charge in [0.25, 0.3) is 0 Å². The molecule has 3 heteroatoms. The number of aromatic nitrogens is 1. The maximum atomic E-state index is 5.30. The van der Waals surface area contributed by atoms with Crippen molar-refractivity contribution in [3.63, 3.8) is 0 Å². The molecule has 1 aromatic rings. The Morgan fingerprint density at radius 3 is 2.86 bits per heavy atom. The molecule has 1 N–H and O–H groups in total. The summed E-state index contributed by atoms with van der Waals surface area (Å²) in [5.41, 5.74) is 0. The van der Waals surface area contributed by atoms with Crippen LogP contribution in [0, 0.1) is 5.92 Å². The zero-order valence-electron chi connectivity index (χ0n) is 9.08. The molecular formula is C11H18N2O. The second-order valence-electron chi connectivity index (χ2n) is 3.57. The molecule has 0 saturated heterocycles. The second-order valence-corrected chi connectivity index (χ2v) is 3.57. The van der Waals surface area contributed by atoms with E-state index in [1.54, 1.807) is 0 Å². The van der Waals surface area contributed by atoms with E-state index in [4.69, 9.17) is 4.74 Å². The minimum atomic E-state index is 0.618. The quantitative estimate of drug-likeness (QED) is 0.782. The van der Waals surface area contributed by atoms with E-state index >= 15 is 0 Å². The van der Waals surface area contributed by atoms with Crippen molar-refractivity contribution in [3.8, 4) is 5.88 Å². The van der Waals surface area contributed by atoms with E-state index in [9.17, 15) is 0 Å². The molecule has 0 radical (unpaired) electrons. The molecule has 0 aliphatic carbocycles. The van der Waals surface area contributed by atoms with Gasteiger partial charge < -0.3 is 10.1 Å². The van der Waals surface area contributed by atoms with Gasteiger partial charge in [0.15, 0.2) is 0 Å². The van der Waals surface area contributed by atoms with Crippen molar-refractivity contribution in [2.75, 3.05) is 18.5 Å². The summed E-state index contributed by atoms with van der Waals surface area (Å²) in [4.78, 5) is 4.30. The van der Waals surface area contributed by atoms with Crippen molar-refractivity contribution < 1.29 is 4.74 Å². The van der Waals surface area contributed by atoms with Crippen LogP contribution in [0.4, 0.5) is 5.82 Å². The first kappa shape index (κ1) is 10.8. The SMILES string of the molecule is CCOc1cccc(NCC(C)C)n1. The molecular weight excluding hydrogens is 176 g/mol. The molecule has 1 aromatic heterocycles. The monoisotopic (exact) mass is 194 g/mol. The third kappa shape index (κ3) is 3.64. The minimum absolute atomic E-state index is 0.618. The lowest BCUT2D eigenvalue weighted by atomic mass is 10.2. The van der Waals surface area contributed by atoms with Gasteiger partial charge in [-0.3, -0.25) is 0 Å². The smallest absolute Gasteiger partial charge is 0.215 e. The normalized spacial score (nSPS) is 10.3. The highest BCUT2D eigenvalue weighted by Crippen LogP contribution is 2.11. The molecule has 1 rings (SSSR count). The zero-order chi connectivity index (χ0) is 10.4. The van der Waals surface area contributed by atoms with Crippen molar-refractivity contribution in [1.82, 2.24) is 4.98 Å². The van der Waals surface area contributed by atoms with E-state index in [0.29, 0.717) is 18.4 Å². The summed E-state index contributed by atoms with van der Waals surface area (Å²) in [5.74, 6) is 2.18. The van der Waals surface area contributed by atoms with Crippen LogP contribution in [0.2, 0.25) is 0 Å². The Labute approximate surface area is 85.5 Å². The number of anilines is 1. The summed E-state index contributed by atoms with van der Waals surface area (Å²) in [5, 5.41) is 3.25. The summed E-state index contributed by atoms with van der Waals surface area (Å²) < 4.78 is 5.30. The average Bonchev–Trinajstić information content (AvgIpc) is 2.16. The van der Waals surface area contributed by atoms with Gasteiger partial charge in [-0.05, 0) is 18.9 Å². The van der Waals surface area contributed by atoms with Gasteiger partial charge in [0, 0.05) is 12.6 Å². The summed E-state index contributed by atoms with van der Waals surface area (Å²) in [6, 6.07) is 5.76. The lowest BCUT2D eigenvalue weighted by Gasteiger charge is -2.09. The topological polar surface area (TPSA) is 34.1 Å². The standard InChI is InChI=1S/C11H18N2O/c1-4-14-11-7-5-6-10(13-11)12-8-9(2)3/h5-7,9H,4,8H2,1-3H3,(H,12,13). The molecule has 0 amide bonds. The first-order valence-electron chi connectivity index (χ1n) is 5.06. The molecule has 0 aromatic carbocycles. The van der Waals surface area contributed by atoms with Gasteiger partial charge in [-0.25, -0.2) is 0 Å². The zero-order valence-corrected chi connectivity index (χ0v) is 9.08. The highest BCUT2D eigenvalue weighted by Gasteiger charge is 1.98. The van der Waals surface area contributed by atoms with Crippen molar-refractivity contribution in [1.29, 1.82) is 0 Å². The second kappa shape index (κ2) is 5.47. The maximum absolute atomic E-state index is 5.30. The van der Waals surface area contributed by atoms with Crippen molar-refractivity contribution in [3.05, 3.63) is 18.2 Å². The van der Waals surface area contributed by atoms with Gasteiger partial charge in [0.2, 0.25) is 5.88 Å². The van der Waals surface area contributed by atoms with Crippen LogP contribution in [0.15, 0.2) is 18.2 Å². The molecule has 0 saturated carbocycles. The first-order valence-corrected chi connectivity index (χ1v) is 5.06. The van der Waals surface area contributed by atoms with Crippen LogP contribution in [-0.4, -0.2) is 18.1 Å². The van der Waals surface area contributed by atoms with Crippen LogP contribution >= 0.6 is 0 Å². The number of hydrogen-bond donors (Lipinski definition) is 1. The average molecular weight is 194 g/mol. The lowest BCUT2D eigenvalue weighted by Crippen LogP contribution is -2.09. The summed E-state index contributed by atoms with van der Waals surface area (Å²) >= 11 is 0. The van der Waals surface area contributed by atoms with Crippen molar-refractivity contribution >= 4 is 5.82 Å². The van der Waals surface area contributed by atoms with Crippen LogP contribution in [0.25, 0.3) is 0 Å². The molecule has 0 aliphatic heterocycles. The molecule has 78 valence electrons. The summed E-state index contributed by atoms with van der Waals surface area (Å²) in [6.45, 7) is 7.87. The van der Waals surface area contributed by atoms with E-state index < -0.39 is 0 Å². The van der Waals surface area contributed by atoms with E-state index in [1.165, 1.54) is 0 Å². The third-order valence-corrected chi connectivity index (χ3v) is 1.71. The number of nitrogens with zero attached hydrogens (tertiary/aromatic N) is 1. The Balaban J connectivity index is 2.54. The Morgan fingerprint density at radius 1 is 1.43 bits per heavy atom. The molecule has 1 heterocycles. The van der Waals surface area contributed by atoms with Crippen LogP contribution < -0.4 is 10.1 Å². The fourth-order valence-corrected chi connectivity index (χ4v) is 1.05. The van der Waals surface area contributed by atoms with Gasteiger partial charge in [-0.2, -0.15) is 4.98 Å². The van der Waals surface area contributed by atoms with E-state index in [2.05, 4.69) is 24.1 Å². The Kier molecular flexibility index (Phi) is 4.23. The predicted molar refractivity (Wildman–Crippen MR) is 58.7 cm³/mol. The minimum Gasteiger partial charge on any atom is -0.478 e. The van der Waals surface area contributed by atoms with Crippen molar-refractivity contribution in [2.24, 2.45) is 5.92 Å². The third-order valence-electron chi connectivity index (χ3n) is 1.71. The van der Waals surface area contributed by atoms with Gasteiger partial charge in [0.05, 0.1) is 6.61 Å². The molecule has 0 bridgehead atoms. The van der Waals surface area contributed by atoms with Crippen LogP contribution in [0.5, 0.6) is 5.88 Å². The predicted octanol–water partition coefficient (Wildman–Crippen LogP) is 2.55. The Bertz CT molecular complexity index is 274. The fourth-order valence-electron chi connectivity index (χ4n) is 1.05. The molecule has 0 spiro atoms. The Hall–Kier alpha value is -1.25. The molecule has 14 heavy (non-hydrogen) atoms. The van der Waals surface area contributed by atoms with E-state index in [1.807, 2.05) is 25.1 Å². The summed E-state index contributed by atoms with van der Waals surface area (Å²) in [7, 11) is 0.